The number of amides is 2. The van der Waals surface area contributed by atoms with E-state index >= 15 is 0 Å². The highest BCUT2D eigenvalue weighted by molar-refractivity contribution is 7.98. The lowest BCUT2D eigenvalue weighted by atomic mass is 9.98. The number of alkyl carbamates (subject to hydrolysis) is 1. The maximum atomic E-state index is 12.4. The second-order valence-electron chi connectivity index (χ2n) is 6.95. The second kappa shape index (κ2) is 10.8. The van der Waals surface area contributed by atoms with E-state index in [1.807, 2.05) is 54.8 Å². The fraction of sp³-hybridized carbons (Fsp3) is 0.318. The number of aliphatic carboxylic acids is 1. The molecule has 0 saturated carbocycles. The van der Waals surface area contributed by atoms with Crippen molar-refractivity contribution in [3.8, 4) is 11.1 Å². The Morgan fingerprint density at radius 3 is 2.26 bits per heavy atom. The van der Waals surface area contributed by atoms with Crippen molar-refractivity contribution < 1.29 is 29.1 Å². The number of nitrogens with one attached hydrogen (secondary N) is 2. The SMILES string of the molecule is CSCC[C@H](NC(=O)OCC1c2ccccc2-c2ccccc21)C(=O)NOCC(=O)O. The Bertz CT molecular complexity index is 906. The molecule has 0 spiro atoms. The molecule has 0 aliphatic heterocycles. The topological polar surface area (TPSA) is 114 Å². The third kappa shape index (κ3) is 5.77. The molecule has 0 aromatic heterocycles. The van der Waals surface area contributed by atoms with E-state index in [0.717, 1.165) is 22.3 Å². The standard InChI is InChI=1S/C22H24N2O6S/c1-31-11-10-19(21(27)24-30-13-20(25)26)23-22(28)29-12-18-16-8-4-2-6-14(16)15-7-3-5-9-17(15)18/h2-9,18-19H,10-13H2,1H3,(H,23,28)(H,24,27)(H,25,26)/t19-/m0/s1. The highest BCUT2D eigenvalue weighted by atomic mass is 32.2. The predicted octanol–water partition coefficient (Wildman–Crippen LogP) is 2.78. The number of thioether (sulfide) groups is 1. The van der Waals surface area contributed by atoms with Crippen molar-refractivity contribution in [3.05, 3.63) is 59.7 Å². The van der Waals surface area contributed by atoms with Gasteiger partial charge in [-0.05, 0) is 40.7 Å². The van der Waals surface area contributed by atoms with Gasteiger partial charge in [-0.2, -0.15) is 11.8 Å². The Balaban J connectivity index is 1.61. The van der Waals surface area contributed by atoms with Gasteiger partial charge in [0.05, 0.1) is 0 Å². The summed E-state index contributed by atoms with van der Waals surface area (Å²) >= 11 is 1.51. The first-order valence-electron chi connectivity index (χ1n) is 9.75. The molecule has 2 aromatic carbocycles. The van der Waals surface area contributed by atoms with Gasteiger partial charge in [-0.1, -0.05) is 48.5 Å². The molecule has 0 fully saturated rings. The van der Waals surface area contributed by atoms with Crippen LogP contribution in [0.2, 0.25) is 0 Å². The van der Waals surface area contributed by atoms with Crippen LogP contribution in [0.25, 0.3) is 11.1 Å². The fourth-order valence-corrected chi connectivity index (χ4v) is 4.00. The van der Waals surface area contributed by atoms with Crippen molar-refractivity contribution in [2.45, 2.75) is 18.4 Å². The van der Waals surface area contributed by atoms with E-state index in [0.29, 0.717) is 12.2 Å². The number of benzene rings is 2. The number of hydroxylamine groups is 1. The average Bonchev–Trinajstić information content (AvgIpc) is 3.08. The van der Waals surface area contributed by atoms with Crippen molar-refractivity contribution in [3.63, 3.8) is 0 Å². The van der Waals surface area contributed by atoms with E-state index < -0.39 is 30.6 Å². The third-order valence-electron chi connectivity index (χ3n) is 4.93. The van der Waals surface area contributed by atoms with Crippen molar-refractivity contribution >= 4 is 29.7 Å². The van der Waals surface area contributed by atoms with Gasteiger partial charge >= 0.3 is 12.1 Å². The largest absolute Gasteiger partial charge is 0.479 e. The van der Waals surface area contributed by atoms with E-state index in [1.54, 1.807) is 0 Å². The van der Waals surface area contributed by atoms with E-state index in [9.17, 15) is 14.4 Å². The molecule has 0 saturated heterocycles. The van der Waals surface area contributed by atoms with Crippen LogP contribution in [0.3, 0.4) is 0 Å². The van der Waals surface area contributed by atoms with Crippen LogP contribution in [0, 0.1) is 0 Å². The molecule has 164 valence electrons. The minimum atomic E-state index is -1.22. The highest BCUT2D eigenvalue weighted by Crippen LogP contribution is 2.44. The first kappa shape index (κ1) is 22.6. The molecule has 3 N–H and O–H groups in total. The Hall–Kier alpha value is -3.04. The normalized spacial score (nSPS) is 13.1. The molecule has 1 atom stereocenters. The number of rotatable bonds is 10. The molecule has 0 heterocycles. The van der Waals surface area contributed by atoms with E-state index in [-0.39, 0.29) is 12.5 Å². The summed E-state index contributed by atoms with van der Waals surface area (Å²) in [6, 6.07) is 15.1. The smallest absolute Gasteiger partial charge is 0.407 e. The fourth-order valence-electron chi connectivity index (χ4n) is 3.53. The summed E-state index contributed by atoms with van der Waals surface area (Å²) in [5, 5.41) is 11.1. The van der Waals surface area contributed by atoms with Crippen LogP contribution in [0.4, 0.5) is 4.79 Å². The molecule has 0 bridgehead atoms. The monoisotopic (exact) mass is 444 g/mol. The zero-order valence-corrected chi connectivity index (χ0v) is 17.8. The van der Waals surface area contributed by atoms with Crippen LogP contribution in [0.5, 0.6) is 0 Å². The van der Waals surface area contributed by atoms with Gasteiger partial charge in [0.25, 0.3) is 5.91 Å². The van der Waals surface area contributed by atoms with Crippen LogP contribution in [0.1, 0.15) is 23.5 Å². The van der Waals surface area contributed by atoms with Crippen molar-refractivity contribution in [2.24, 2.45) is 0 Å². The van der Waals surface area contributed by atoms with Gasteiger partial charge < -0.3 is 15.2 Å². The quantitative estimate of drug-likeness (QED) is 0.483. The second-order valence-corrected chi connectivity index (χ2v) is 7.94. The van der Waals surface area contributed by atoms with Crippen LogP contribution in [-0.2, 0) is 19.2 Å². The Labute approximate surface area is 184 Å². The Kier molecular flexibility index (Phi) is 7.91. The molecule has 0 unspecified atom stereocenters. The maximum Gasteiger partial charge on any atom is 0.407 e. The Morgan fingerprint density at radius 1 is 1.06 bits per heavy atom. The molecule has 1 aliphatic rings. The van der Waals surface area contributed by atoms with Crippen molar-refractivity contribution in [2.75, 3.05) is 25.2 Å². The number of carbonyl (C=O) groups excluding carboxylic acids is 2. The van der Waals surface area contributed by atoms with Gasteiger partial charge in [-0.3, -0.25) is 9.63 Å². The molecule has 2 aromatic rings. The molecule has 9 heteroatoms. The van der Waals surface area contributed by atoms with Crippen molar-refractivity contribution in [1.82, 2.24) is 10.8 Å². The summed E-state index contributed by atoms with van der Waals surface area (Å²) in [6.45, 7) is -0.543. The number of carboxylic acids is 1. The lowest BCUT2D eigenvalue weighted by Gasteiger charge is -2.19. The Morgan fingerprint density at radius 2 is 1.68 bits per heavy atom. The summed E-state index contributed by atoms with van der Waals surface area (Å²) < 4.78 is 5.47. The third-order valence-corrected chi connectivity index (χ3v) is 5.58. The molecule has 1 aliphatic carbocycles. The number of ether oxygens (including phenoxy) is 1. The number of hydrogen-bond donors (Lipinski definition) is 3. The summed E-state index contributed by atoms with van der Waals surface area (Å²) in [5.74, 6) is -1.33. The first-order valence-corrected chi connectivity index (χ1v) is 11.1. The van der Waals surface area contributed by atoms with Crippen LogP contribution in [0.15, 0.2) is 48.5 Å². The zero-order valence-electron chi connectivity index (χ0n) is 17.0. The molecule has 3 rings (SSSR count). The number of carbonyl (C=O) groups is 3. The minimum absolute atomic E-state index is 0.0875. The summed E-state index contributed by atoms with van der Waals surface area (Å²) in [5.41, 5.74) is 6.49. The van der Waals surface area contributed by atoms with Gasteiger partial charge in [0.15, 0.2) is 6.61 Å². The maximum absolute atomic E-state index is 12.4. The minimum Gasteiger partial charge on any atom is -0.479 e. The zero-order chi connectivity index (χ0) is 22.2. The molecular formula is C22H24N2O6S. The summed E-state index contributed by atoms with van der Waals surface area (Å²) in [6.07, 6.45) is 1.50. The molecule has 31 heavy (non-hydrogen) atoms. The van der Waals surface area contributed by atoms with Gasteiger partial charge in [-0.15, -0.1) is 0 Å². The lowest BCUT2D eigenvalue weighted by Crippen LogP contribution is -2.47. The predicted molar refractivity (Wildman–Crippen MR) is 117 cm³/mol. The average molecular weight is 445 g/mol. The van der Waals surface area contributed by atoms with Gasteiger partial charge in [0.1, 0.15) is 12.6 Å². The van der Waals surface area contributed by atoms with Crippen LogP contribution in [-0.4, -0.2) is 54.3 Å². The van der Waals surface area contributed by atoms with E-state index in [4.69, 9.17) is 9.84 Å². The van der Waals surface area contributed by atoms with Crippen LogP contribution < -0.4 is 10.8 Å². The van der Waals surface area contributed by atoms with Gasteiger partial charge in [0.2, 0.25) is 0 Å². The highest BCUT2D eigenvalue weighted by Gasteiger charge is 2.29. The first-order chi connectivity index (χ1) is 15.0. The lowest BCUT2D eigenvalue weighted by molar-refractivity contribution is -0.150. The van der Waals surface area contributed by atoms with Crippen LogP contribution >= 0.6 is 11.8 Å². The molecule has 8 nitrogen and oxygen atoms in total. The van der Waals surface area contributed by atoms with Crippen molar-refractivity contribution in [1.29, 1.82) is 0 Å². The van der Waals surface area contributed by atoms with E-state index in [2.05, 4.69) is 15.6 Å². The number of hydrogen-bond acceptors (Lipinski definition) is 6. The number of carboxylic acid groups (broad SMARTS) is 1. The van der Waals surface area contributed by atoms with Gasteiger partial charge in [0, 0.05) is 5.92 Å². The van der Waals surface area contributed by atoms with E-state index in [1.165, 1.54) is 11.8 Å². The molecule has 2 amide bonds. The molecular weight excluding hydrogens is 420 g/mol. The molecule has 0 radical (unpaired) electrons. The summed E-state index contributed by atoms with van der Waals surface area (Å²) in [7, 11) is 0. The number of fused-ring (bicyclic) bond motifs is 3. The van der Waals surface area contributed by atoms with Gasteiger partial charge in [-0.25, -0.2) is 15.1 Å². The summed E-state index contributed by atoms with van der Waals surface area (Å²) in [4.78, 5) is 39.8.